The first-order chi connectivity index (χ1) is 9.02. The Morgan fingerprint density at radius 1 is 1.53 bits per heavy atom. The Morgan fingerprint density at radius 2 is 2.26 bits per heavy atom. The molecule has 0 aliphatic heterocycles. The van der Waals surface area contributed by atoms with Crippen molar-refractivity contribution in [3.63, 3.8) is 0 Å². The lowest BCUT2D eigenvalue weighted by Gasteiger charge is -2.37. The van der Waals surface area contributed by atoms with Crippen LogP contribution in [0.15, 0.2) is 17.5 Å². The Balaban J connectivity index is 2.06. The number of hydrogen-bond acceptors (Lipinski definition) is 4. The topological polar surface area (TPSA) is 66.4 Å². The summed E-state index contributed by atoms with van der Waals surface area (Å²) in [6, 6.07) is 3.72. The van der Waals surface area contributed by atoms with Crippen molar-refractivity contribution in [3.8, 4) is 0 Å². The largest absolute Gasteiger partial charge is 0.393 e. The lowest BCUT2D eigenvalue weighted by atomic mass is 9.77. The average molecular weight is 303 g/mol. The van der Waals surface area contributed by atoms with Gasteiger partial charge in [0.2, 0.25) is 10.0 Å². The molecule has 0 spiro atoms. The van der Waals surface area contributed by atoms with E-state index in [0.29, 0.717) is 19.3 Å². The van der Waals surface area contributed by atoms with Crippen molar-refractivity contribution in [1.82, 2.24) is 4.72 Å². The minimum absolute atomic E-state index is 0.176. The maximum absolute atomic E-state index is 12.1. The highest BCUT2D eigenvalue weighted by atomic mass is 32.2. The van der Waals surface area contributed by atoms with Gasteiger partial charge in [0.05, 0.1) is 17.9 Å². The van der Waals surface area contributed by atoms with E-state index < -0.39 is 10.0 Å². The molecule has 0 bridgehead atoms. The van der Waals surface area contributed by atoms with Crippen molar-refractivity contribution >= 4 is 21.4 Å². The number of aliphatic hydroxyl groups excluding tert-OH is 1. The summed E-state index contributed by atoms with van der Waals surface area (Å²) in [5.41, 5.74) is 0. The van der Waals surface area contributed by atoms with Crippen LogP contribution in [0.1, 0.15) is 43.5 Å². The highest BCUT2D eigenvalue weighted by Gasteiger charge is 2.37. The monoisotopic (exact) mass is 303 g/mol. The van der Waals surface area contributed by atoms with Crippen molar-refractivity contribution in [1.29, 1.82) is 0 Å². The molecule has 0 amide bonds. The number of nitrogens with one attached hydrogen (secondary N) is 1. The molecule has 1 aliphatic rings. The fourth-order valence-corrected chi connectivity index (χ4v) is 4.78. The summed E-state index contributed by atoms with van der Waals surface area (Å²) >= 11 is 1.57. The first kappa shape index (κ1) is 15.0. The smallest absolute Gasteiger partial charge is 0.212 e. The van der Waals surface area contributed by atoms with E-state index in [-0.39, 0.29) is 23.8 Å². The fourth-order valence-electron chi connectivity index (χ4n) is 2.34. The minimum atomic E-state index is -3.23. The highest BCUT2D eigenvalue weighted by molar-refractivity contribution is 7.89. The van der Waals surface area contributed by atoms with Gasteiger partial charge in [-0.15, -0.1) is 11.3 Å². The molecular formula is C13H21NO3S2. The highest BCUT2D eigenvalue weighted by Crippen LogP contribution is 2.39. The van der Waals surface area contributed by atoms with E-state index in [1.54, 1.807) is 11.3 Å². The molecule has 2 N–H and O–H groups in total. The van der Waals surface area contributed by atoms with E-state index in [0.717, 1.165) is 11.3 Å². The van der Waals surface area contributed by atoms with Gasteiger partial charge in [0.1, 0.15) is 0 Å². The van der Waals surface area contributed by atoms with Gasteiger partial charge in [0.25, 0.3) is 0 Å². The molecule has 1 aliphatic carbocycles. The molecule has 6 heteroatoms. The molecule has 2 rings (SSSR count). The number of sulfonamides is 1. The first-order valence-corrected chi connectivity index (χ1v) is 9.26. The molecule has 19 heavy (non-hydrogen) atoms. The lowest BCUT2D eigenvalue weighted by Crippen LogP contribution is -2.41. The van der Waals surface area contributed by atoms with Gasteiger partial charge in [-0.3, -0.25) is 0 Å². The molecule has 1 fully saturated rings. The Morgan fingerprint density at radius 3 is 2.79 bits per heavy atom. The molecule has 108 valence electrons. The number of thiophene rings is 1. The molecular weight excluding hydrogens is 282 g/mol. The normalized spacial score (nSPS) is 24.9. The van der Waals surface area contributed by atoms with Gasteiger partial charge in [0, 0.05) is 4.88 Å². The van der Waals surface area contributed by atoms with Crippen molar-refractivity contribution < 1.29 is 13.5 Å². The summed E-state index contributed by atoms with van der Waals surface area (Å²) in [5.74, 6) is 0.394. The second-order valence-electron chi connectivity index (χ2n) is 5.17. The van der Waals surface area contributed by atoms with Crippen molar-refractivity contribution in [2.24, 2.45) is 5.92 Å². The number of hydrogen-bond donors (Lipinski definition) is 2. The zero-order chi connectivity index (χ0) is 13.9. The molecule has 1 aromatic rings. The second-order valence-corrected chi connectivity index (χ2v) is 8.02. The Hall–Kier alpha value is -0.430. The first-order valence-electron chi connectivity index (χ1n) is 6.73. The van der Waals surface area contributed by atoms with E-state index in [1.807, 2.05) is 24.4 Å². The third kappa shape index (κ3) is 4.02. The van der Waals surface area contributed by atoms with Crippen LogP contribution < -0.4 is 4.72 Å². The van der Waals surface area contributed by atoms with E-state index in [1.165, 1.54) is 0 Å². The van der Waals surface area contributed by atoms with Gasteiger partial charge in [-0.05, 0) is 36.6 Å². The quantitative estimate of drug-likeness (QED) is 0.812. The SMILES string of the molecule is CCCCS(=O)(=O)NC(c1cccs1)C1CC(O)C1. The van der Waals surface area contributed by atoms with Crippen molar-refractivity contribution in [2.75, 3.05) is 5.75 Å². The fraction of sp³-hybridized carbons (Fsp3) is 0.692. The molecule has 0 radical (unpaired) electrons. The van der Waals surface area contributed by atoms with Crippen LogP contribution in [0.5, 0.6) is 0 Å². The van der Waals surface area contributed by atoms with Gasteiger partial charge in [-0.1, -0.05) is 19.4 Å². The number of aliphatic hydroxyl groups is 1. The maximum Gasteiger partial charge on any atom is 0.212 e. The molecule has 1 heterocycles. The maximum atomic E-state index is 12.1. The lowest BCUT2D eigenvalue weighted by molar-refractivity contribution is 0.0286. The molecule has 1 unspecified atom stereocenters. The van der Waals surface area contributed by atoms with Gasteiger partial charge >= 0.3 is 0 Å². The molecule has 0 aromatic carbocycles. The Bertz CT molecular complexity index is 478. The Kier molecular flexibility index (Phi) is 5.00. The summed E-state index contributed by atoms with van der Waals surface area (Å²) in [6.07, 6.45) is 2.64. The van der Waals surface area contributed by atoms with Crippen LogP contribution >= 0.6 is 11.3 Å². The second kappa shape index (κ2) is 6.35. The van der Waals surface area contributed by atoms with Crippen LogP contribution in [0.2, 0.25) is 0 Å². The predicted molar refractivity (Wildman–Crippen MR) is 77.6 cm³/mol. The molecule has 1 saturated carbocycles. The van der Waals surface area contributed by atoms with Gasteiger partial charge in [-0.25, -0.2) is 13.1 Å². The van der Waals surface area contributed by atoms with E-state index in [2.05, 4.69) is 4.72 Å². The van der Waals surface area contributed by atoms with E-state index >= 15 is 0 Å². The average Bonchev–Trinajstić information content (AvgIpc) is 2.84. The third-order valence-corrected chi connectivity index (χ3v) is 5.94. The van der Waals surface area contributed by atoms with Crippen LogP contribution in [-0.2, 0) is 10.0 Å². The summed E-state index contributed by atoms with van der Waals surface area (Å²) < 4.78 is 26.9. The van der Waals surface area contributed by atoms with Gasteiger partial charge < -0.3 is 5.11 Å². The third-order valence-electron chi connectivity index (χ3n) is 3.54. The van der Waals surface area contributed by atoms with Crippen LogP contribution in [0.3, 0.4) is 0 Å². The predicted octanol–water partition coefficient (Wildman–Crippen LogP) is 2.28. The van der Waals surface area contributed by atoms with Crippen molar-refractivity contribution in [2.45, 2.75) is 44.8 Å². The minimum Gasteiger partial charge on any atom is -0.393 e. The number of unbranched alkanes of at least 4 members (excludes halogenated alkanes) is 1. The summed E-state index contributed by atoms with van der Waals surface area (Å²) in [5, 5.41) is 11.4. The Labute approximate surface area is 118 Å². The van der Waals surface area contributed by atoms with E-state index in [9.17, 15) is 13.5 Å². The number of rotatable bonds is 7. The van der Waals surface area contributed by atoms with Gasteiger partial charge in [-0.2, -0.15) is 0 Å². The summed E-state index contributed by atoms with van der Waals surface area (Å²) in [4.78, 5) is 1.04. The van der Waals surface area contributed by atoms with Crippen LogP contribution in [0.25, 0.3) is 0 Å². The van der Waals surface area contributed by atoms with Crippen molar-refractivity contribution in [3.05, 3.63) is 22.4 Å². The van der Waals surface area contributed by atoms with Crippen LogP contribution in [0, 0.1) is 5.92 Å². The summed E-state index contributed by atoms with van der Waals surface area (Å²) in [6.45, 7) is 1.98. The molecule has 1 aromatic heterocycles. The zero-order valence-electron chi connectivity index (χ0n) is 11.1. The molecule has 4 nitrogen and oxygen atoms in total. The van der Waals surface area contributed by atoms with Crippen LogP contribution in [0.4, 0.5) is 0 Å². The van der Waals surface area contributed by atoms with Crippen LogP contribution in [-0.4, -0.2) is 25.4 Å². The van der Waals surface area contributed by atoms with E-state index in [4.69, 9.17) is 0 Å². The molecule has 0 saturated heterocycles. The van der Waals surface area contributed by atoms with Gasteiger partial charge in [0.15, 0.2) is 0 Å². The summed E-state index contributed by atoms with van der Waals surface area (Å²) in [7, 11) is -3.23. The standard InChI is InChI=1S/C13H21NO3S2/c1-2-3-7-19(16,17)14-13(10-8-11(15)9-10)12-5-4-6-18-12/h4-6,10-11,13-15H,2-3,7-9H2,1H3. The molecule has 1 atom stereocenters. The zero-order valence-corrected chi connectivity index (χ0v) is 12.7.